The van der Waals surface area contributed by atoms with Gasteiger partial charge in [-0.3, -0.25) is 4.79 Å². The molecule has 0 saturated carbocycles. The van der Waals surface area contributed by atoms with Gasteiger partial charge in [0, 0.05) is 18.5 Å². The fourth-order valence-electron chi connectivity index (χ4n) is 4.49. The molecule has 2 aromatic rings. The van der Waals surface area contributed by atoms with Crippen LogP contribution in [-0.2, 0) is 12.8 Å². The van der Waals surface area contributed by atoms with Crippen molar-refractivity contribution in [3.05, 3.63) is 40.8 Å². The molecule has 3 heterocycles. The first-order chi connectivity index (χ1) is 13.3. The van der Waals surface area contributed by atoms with Crippen LogP contribution in [0, 0.1) is 0 Å². The van der Waals surface area contributed by atoms with Crippen LogP contribution in [-0.4, -0.2) is 35.7 Å². The Morgan fingerprint density at radius 3 is 2.81 bits per heavy atom. The first-order valence-electron chi connectivity index (χ1n) is 9.99. The van der Waals surface area contributed by atoms with Crippen LogP contribution in [0.3, 0.4) is 0 Å². The predicted octanol–water partition coefficient (Wildman–Crippen LogP) is 3.69. The molecule has 5 rings (SSSR count). The number of benzene rings is 1. The molecule has 27 heavy (non-hydrogen) atoms. The first kappa shape index (κ1) is 16.7. The molecular weight excluding hydrogens is 344 g/mol. The lowest BCUT2D eigenvalue weighted by molar-refractivity contribution is 0.0723. The number of aryl methyl sites for hydroxylation is 1. The van der Waals surface area contributed by atoms with Crippen LogP contribution in [0.15, 0.2) is 22.7 Å². The number of hydrogen-bond donors (Lipinski definition) is 0. The molecule has 2 aliphatic heterocycles. The predicted molar refractivity (Wildman–Crippen MR) is 98.2 cm³/mol. The second-order valence-electron chi connectivity index (χ2n) is 7.55. The summed E-state index contributed by atoms with van der Waals surface area (Å²) in [5.74, 6) is 2.46. The van der Waals surface area contributed by atoms with Crippen molar-refractivity contribution in [1.82, 2.24) is 10.1 Å². The minimum absolute atomic E-state index is 0.000658. The van der Waals surface area contributed by atoms with E-state index in [4.69, 9.17) is 14.0 Å². The van der Waals surface area contributed by atoms with E-state index in [2.05, 4.69) is 5.16 Å². The molecule has 0 bridgehead atoms. The highest BCUT2D eigenvalue weighted by atomic mass is 16.6. The van der Waals surface area contributed by atoms with Crippen LogP contribution in [0.4, 0.5) is 0 Å². The number of nitrogens with zero attached hydrogens (tertiary/aromatic N) is 2. The Kier molecular flexibility index (Phi) is 4.26. The van der Waals surface area contributed by atoms with E-state index in [0.29, 0.717) is 18.9 Å². The summed E-state index contributed by atoms with van der Waals surface area (Å²) in [6.45, 7) is 1.89. The van der Waals surface area contributed by atoms with Gasteiger partial charge in [0.1, 0.15) is 19.0 Å². The van der Waals surface area contributed by atoms with Crippen LogP contribution in [0.2, 0.25) is 0 Å². The van der Waals surface area contributed by atoms with Crippen LogP contribution in [0.1, 0.15) is 65.5 Å². The zero-order valence-electron chi connectivity index (χ0n) is 15.4. The fourth-order valence-corrected chi connectivity index (χ4v) is 4.49. The second-order valence-corrected chi connectivity index (χ2v) is 7.55. The monoisotopic (exact) mass is 368 g/mol. The molecule has 1 aliphatic carbocycles. The van der Waals surface area contributed by atoms with Gasteiger partial charge in [-0.15, -0.1) is 0 Å². The average Bonchev–Trinajstić information content (AvgIpc) is 3.29. The number of fused-ring (bicyclic) bond motifs is 2. The average molecular weight is 368 g/mol. The Morgan fingerprint density at radius 1 is 1.04 bits per heavy atom. The molecule has 0 spiro atoms. The minimum Gasteiger partial charge on any atom is -0.486 e. The molecular formula is C21H24N2O4. The SMILES string of the molecule is O=C(c1noc2c1CCCCC2)N1CCC[C@H]1c1ccc2c(c1)OCCO2. The Labute approximate surface area is 158 Å². The zero-order valence-corrected chi connectivity index (χ0v) is 15.4. The lowest BCUT2D eigenvalue weighted by Crippen LogP contribution is -2.31. The second kappa shape index (κ2) is 6.91. The number of ether oxygens (including phenoxy) is 2. The van der Waals surface area contributed by atoms with Crippen molar-refractivity contribution in [2.24, 2.45) is 0 Å². The molecule has 1 fully saturated rings. The fraction of sp³-hybridized carbons (Fsp3) is 0.524. The van der Waals surface area contributed by atoms with Crippen LogP contribution in [0.25, 0.3) is 0 Å². The summed E-state index contributed by atoms with van der Waals surface area (Å²) >= 11 is 0. The maximum Gasteiger partial charge on any atom is 0.276 e. The number of amides is 1. The van der Waals surface area contributed by atoms with E-state index in [-0.39, 0.29) is 11.9 Å². The van der Waals surface area contributed by atoms with Crippen molar-refractivity contribution in [1.29, 1.82) is 0 Å². The normalized spacial score (nSPS) is 21.6. The molecule has 1 atom stereocenters. The number of carbonyl (C=O) groups is 1. The summed E-state index contributed by atoms with van der Waals surface area (Å²) in [4.78, 5) is 15.3. The maximum atomic E-state index is 13.3. The van der Waals surface area contributed by atoms with Gasteiger partial charge in [0.05, 0.1) is 6.04 Å². The van der Waals surface area contributed by atoms with Crippen molar-refractivity contribution in [2.45, 2.75) is 51.0 Å². The van der Waals surface area contributed by atoms with Crippen molar-refractivity contribution in [2.75, 3.05) is 19.8 Å². The highest BCUT2D eigenvalue weighted by Crippen LogP contribution is 2.39. The van der Waals surface area contributed by atoms with Crippen molar-refractivity contribution in [3.8, 4) is 11.5 Å². The molecule has 3 aliphatic rings. The van der Waals surface area contributed by atoms with Gasteiger partial charge in [-0.05, 0) is 49.8 Å². The lowest BCUT2D eigenvalue weighted by atomic mass is 10.0. The summed E-state index contributed by atoms with van der Waals surface area (Å²) < 4.78 is 16.9. The van der Waals surface area contributed by atoms with E-state index in [9.17, 15) is 4.79 Å². The van der Waals surface area contributed by atoms with Gasteiger partial charge < -0.3 is 18.9 Å². The van der Waals surface area contributed by atoms with Crippen LogP contribution in [0.5, 0.6) is 11.5 Å². The standard InChI is InChI=1S/C21H24N2O4/c24-21(20-15-5-2-1-3-7-17(15)27-22-20)23-10-4-6-16(23)14-8-9-18-19(13-14)26-12-11-25-18/h8-9,13,16H,1-7,10-12H2/t16-/m0/s1. The lowest BCUT2D eigenvalue weighted by Gasteiger charge is -2.26. The summed E-state index contributed by atoms with van der Waals surface area (Å²) in [7, 11) is 0. The minimum atomic E-state index is -0.000658. The number of carbonyl (C=O) groups excluding carboxylic acids is 1. The largest absolute Gasteiger partial charge is 0.486 e. The zero-order chi connectivity index (χ0) is 18.2. The molecule has 0 radical (unpaired) electrons. The number of rotatable bonds is 2. The molecule has 1 amide bonds. The highest BCUT2D eigenvalue weighted by molar-refractivity contribution is 5.94. The summed E-state index contributed by atoms with van der Waals surface area (Å²) in [5, 5.41) is 4.17. The molecule has 0 unspecified atom stereocenters. The molecule has 1 aromatic heterocycles. The van der Waals surface area contributed by atoms with Gasteiger partial charge in [0.15, 0.2) is 17.2 Å². The Hall–Kier alpha value is -2.50. The van der Waals surface area contributed by atoms with Gasteiger partial charge in [-0.2, -0.15) is 0 Å². The van der Waals surface area contributed by atoms with E-state index in [1.165, 1.54) is 6.42 Å². The Morgan fingerprint density at radius 2 is 1.89 bits per heavy atom. The molecule has 1 aromatic carbocycles. The van der Waals surface area contributed by atoms with Crippen molar-refractivity contribution >= 4 is 5.91 Å². The smallest absolute Gasteiger partial charge is 0.276 e. The number of aromatic nitrogens is 1. The molecule has 142 valence electrons. The molecule has 6 heteroatoms. The van der Waals surface area contributed by atoms with Crippen LogP contribution >= 0.6 is 0 Å². The third kappa shape index (κ3) is 2.97. The third-order valence-electron chi connectivity index (χ3n) is 5.87. The van der Waals surface area contributed by atoms with Gasteiger partial charge in [0.2, 0.25) is 0 Å². The molecule has 1 saturated heterocycles. The van der Waals surface area contributed by atoms with Gasteiger partial charge in [-0.1, -0.05) is 17.6 Å². The maximum absolute atomic E-state index is 13.3. The van der Waals surface area contributed by atoms with E-state index < -0.39 is 0 Å². The third-order valence-corrected chi connectivity index (χ3v) is 5.87. The summed E-state index contributed by atoms with van der Waals surface area (Å²) in [5.41, 5.74) is 2.65. The van der Waals surface area contributed by atoms with E-state index in [1.54, 1.807) is 0 Å². The highest BCUT2D eigenvalue weighted by Gasteiger charge is 2.35. The first-order valence-corrected chi connectivity index (χ1v) is 9.99. The van der Waals surface area contributed by atoms with Gasteiger partial charge in [0.25, 0.3) is 5.91 Å². The number of likely N-dealkylation sites (tertiary alicyclic amines) is 1. The molecule has 6 nitrogen and oxygen atoms in total. The molecule has 0 N–H and O–H groups in total. The summed E-state index contributed by atoms with van der Waals surface area (Å²) in [6.07, 6.45) is 7.11. The topological polar surface area (TPSA) is 64.8 Å². The Balaban J connectivity index is 1.43. The Bertz CT molecular complexity index is 860. The summed E-state index contributed by atoms with van der Waals surface area (Å²) in [6, 6.07) is 6.07. The van der Waals surface area contributed by atoms with E-state index in [1.807, 2.05) is 23.1 Å². The van der Waals surface area contributed by atoms with E-state index >= 15 is 0 Å². The van der Waals surface area contributed by atoms with Gasteiger partial charge >= 0.3 is 0 Å². The van der Waals surface area contributed by atoms with E-state index in [0.717, 1.165) is 73.5 Å². The van der Waals surface area contributed by atoms with Crippen molar-refractivity contribution in [3.63, 3.8) is 0 Å². The van der Waals surface area contributed by atoms with Crippen molar-refractivity contribution < 1.29 is 18.8 Å². The van der Waals surface area contributed by atoms with Gasteiger partial charge in [-0.25, -0.2) is 0 Å². The van der Waals surface area contributed by atoms with Crippen LogP contribution < -0.4 is 9.47 Å². The quantitative estimate of drug-likeness (QED) is 0.757. The number of hydrogen-bond acceptors (Lipinski definition) is 5.